The molecular formula is C15H7Br2Cl2NO2S3. The third-order valence-electron chi connectivity index (χ3n) is 2.69. The van der Waals surface area contributed by atoms with E-state index in [4.69, 9.17) is 47.6 Å². The molecule has 0 spiro atoms. The third-order valence-corrected chi connectivity index (χ3v) is 7.04. The summed E-state index contributed by atoms with van der Waals surface area (Å²) in [4.78, 5) is -0.968. The van der Waals surface area contributed by atoms with Crippen LogP contribution in [0.5, 0.6) is 0 Å². The Balaban J connectivity index is 3.90. The summed E-state index contributed by atoms with van der Waals surface area (Å²) in [5, 5.41) is 9.73. The Labute approximate surface area is 183 Å². The second-order valence-electron chi connectivity index (χ2n) is 4.39. The fraction of sp³-hybridized carbons (Fsp3) is 0. The number of thiocarbonyl (C=S) groups is 2. The van der Waals surface area contributed by atoms with Gasteiger partial charge in [0, 0.05) is 24.6 Å². The first-order valence-electron chi connectivity index (χ1n) is 6.07. The van der Waals surface area contributed by atoms with Gasteiger partial charge in [-0.25, -0.2) is 8.42 Å². The van der Waals surface area contributed by atoms with E-state index in [1.165, 1.54) is 18.2 Å². The predicted molar refractivity (Wildman–Crippen MR) is 118 cm³/mol. The molecule has 0 saturated heterocycles. The molecule has 0 aliphatic carbocycles. The number of nitrogens with zero attached hydrogens (tertiary/aromatic N) is 1. The molecule has 0 radical (unpaired) electrons. The molecule has 3 nitrogen and oxygen atoms in total. The molecule has 1 aromatic carbocycles. The van der Waals surface area contributed by atoms with Crippen LogP contribution in [0.1, 0.15) is 0 Å². The van der Waals surface area contributed by atoms with Crippen molar-refractivity contribution in [2.75, 3.05) is 0 Å². The summed E-state index contributed by atoms with van der Waals surface area (Å²) in [5.74, 6) is 0. The molecule has 0 N–H and O–H groups in total. The van der Waals surface area contributed by atoms with Gasteiger partial charge < -0.3 is 0 Å². The van der Waals surface area contributed by atoms with E-state index in [-0.39, 0.29) is 39.2 Å². The van der Waals surface area contributed by atoms with Crippen LogP contribution >= 0.6 is 79.5 Å². The highest BCUT2D eigenvalue weighted by Crippen LogP contribution is 2.31. The van der Waals surface area contributed by atoms with Gasteiger partial charge in [0.05, 0.1) is 14.6 Å². The van der Waals surface area contributed by atoms with E-state index >= 15 is 0 Å². The van der Waals surface area contributed by atoms with Gasteiger partial charge in [0.1, 0.15) is 6.07 Å². The summed E-state index contributed by atoms with van der Waals surface area (Å²) >= 11 is 28.3. The molecule has 0 aromatic heterocycles. The van der Waals surface area contributed by atoms with Gasteiger partial charge in [-0.2, -0.15) is 5.26 Å². The van der Waals surface area contributed by atoms with E-state index in [9.17, 15) is 13.7 Å². The Hall–Kier alpha value is -0.400. The molecule has 1 rings (SSSR count). The highest BCUT2D eigenvalue weighted by atomic mass is 79.9. The predicted octanol–water partition coefficient (Wildman–Crippen LogP) is 6.10. The van der Waals surface area contributed by atoms with Crippen molar-refractivity contribution in [1.29, 1.82) is 5.26 Å². The Morgan fingerprint density at radius 1 is 1.04 bits per heavy atom. The Bertz CT molecular complexity index is 944. The van der Waals surface area contributed by atoms with Gasteiger partial charge in [-0.3, -0.25) is 0 Å². The normalized spacial score (nSPS) is 10.5. The lowest BCUT2D eigenvalue weighted by Crippen LogP contribution is -2.17. The van der Waals surface area contributed by atoms with Crippen molar-refractivity contribution >= 4 is 99.1 Å². The molecule has 0 bridgehead atoms. The van der Waals surface area contributed by atoms with Crippen LogP contribution in [0, 0.1) is 11.3 Å². The number of hydrogen-bond donors (Lipinski definition) is 0. The monoisotopic (exact) mass is 557 g/mol. The molecule has 0 saturated carbocycles. The van der Waals surface area contributed by atoms with Gasteiger partial charge in [-0.15, -0.1) is 0 Å². The largest absolute Gasteiger partial charge is 0.218 e. The van der Waals surface area contributed by atoms with Gasteiger partial charge in [-0.05, 0) is 50.1 Å². The number of nitriles is 1. The second-order valence-corrected chi connectivity index (χ2v) is 9.88. The van der Waals surface area contributed by atoms with Crippen molar-refractivity contribution in [1.82, 2.24) is 0 Å². The summed E-state index contributed by atoms with van der Waals surface area (Å²) in [6.45, 7) is 7.22. The smallest absolute Gasteiger partial charge is 0.217 e. The molecule has 0 aliphatic heterocycles. The van der Waals surface area contributed by atoms with Crippen LogP contribution in [-0.4, -0.2) is 18.1 Å². The van der Waals surface area contributed by atoms with Crippen molar-refractivity contribution in [2.24, 2.45) is 0 Å². The Morgan fingerprint density at radius 2 is 1.44 bits per heavy atom. The summed E-state index contributed by atoms with van der Waals surface area (Å²) in [6, 6.07) is 5.38. The lowest BCUT2D eigenvalue weighted by Gasteiger charge is -2.13. The van der Waals surface area contributed by atoms with Crippen LogP contribution in [0.25, 0.3) is 0 Å². The van der Waals surface area contributed by atoms with E-state index in [1.54, 1.807) is 6.07 Å². The molecule has 0 aliphatic rings. The van der Waals surface area contributed by atoms with Gasteiger partial charge >= 0.3 is 0 Å². The summed E-state index contributed by atoms with van der Waals surface area (Å²) in [5.41, 5.74) is -0.160. The molecule has 0 heterocycles. The average molecular weight is 560 g/mol. The van der Waals surface area contributed by atoms with Gasteiger partial charge in [0.2, 0.25) is 9.84 Å². The van der Waals surface area contributed by atoms with E-state index in [1.807, 2.05) is 0 Å². The zero-order valence-electron chi connectivity index (χ0n) is 12.1. The van der Waals surface area contributed by atoms with E-state index in [0.29, 0.717) is 0 Å². The Morgan fingerprint density at radius 3 is 1.76 bits per heavy atom. The molecule has 130 valence electrons. The van der Waals surface area contributed by atoms with Crippen molar-refractivity contribution in [3.63, 3.8) is 0 Å². The van der Waals surface area contributed by atoms with Crippen LogP contribution in [0.4, 0.5) is 0 Å². The third kappa shape index (κ3) is 5.30. The number of rotatable bonds is 6. The lowest BCUT2D eigenvalue weighted by atomic mass is 10.1. The maximum atomic E-state index is 13.0. The topological polar surface area (TPSA) is 57.9 Å². The number of benzene rings is 1. The average Bonchev–Trinajstić information content (AvgIpc) is 2.49. The first-order valence-corrected chi connectivity index (χ1v) is 10.7. The Kier molecular flexibility index (Phi) is 8.15. The number of allylic oxidation sites excluding steroid dienone is 4. The van der Waals surface area contributed by atoms with Crippen molar-refractivity contribution in [3.8, 4) is 6.07 Å². The lowest BCUT2D eigenvalue weighted by molar-refractivity contribution is 0.603. The molecule has 1 aromatic rings. The zero-order chi connectivity index (χ0) is 19.5. The highest BCUT2D eigenvalue weighted by molar-refractivity contribution is 9.12. The van der Waals surface area contributed by atoms with Crippen LogP contribution in [0.2, 0.25) is 10.0 Å². The van der Waals surface area contributed by atoms with Crippen molar-refractivity contribution in [3.05, 3.63) is 60.8 Å². The molecule has 10 heteroatoms. The molecule has 0 unspecified atom stereocenters. The minimum absolute atomic E-state index is 0.0288. The van der Waals surface area contributed by atoms with Crippen LogP contribution in [-0.2, 0) is 9.84 Å². The standard InChI is InChI=1S/C15H7Br2Cl2NO2S3/c1-7(16)14(23)13(15(24)8(2)17)12(6-20)25(21,22)11-4-9(18)3-10(19)5-11/h3-5H,1-2H2. The minimum Gasteiger partial charge on any atom is -0.218 e. The van der Waals surface area contributed by atoms with E-state index in [0.717, 1.165) is 0 Å². The highest BCUT2D eigenvalue weighted by Gasteiger charge is 2.30. The SMILES string of the molecule is C=C(Br)C(=S)C(C(=S)C(=C)Br)=C(C#N)S(=O)(=O)c1cc(Cl)cc(Cl)c1. The second kappa shape index (κ2) is 9.00. The maximum absolute atomic E-state index is 13.0. The number of hydrogen-bond acceptors (Lipinski definition) is 5. The molecule has 0 fully saturated rings. The summed E-state index contributed by atoms with van der Waals surface area (Å²) in [6.07, 6.45) is 0. The first kappa shape index (κ1) is 22.6. The maximum Gasteiger partial charge on any atom is 0.217 e. The van der Waals surface area contributed by atoms with Gasteiger partial charge in [0.25, 0.3) is 0 Å². The summed E-state index contributed by atoms with van der Waals surface area (Å²) < 4.78 is 26.3. The van der Waals surface area contributed by atoms with Crippen LogP contribution < -0.4 is 0 Å². The van der Waals surface area contributed by atoms with Crippen LogP contribution in [0.15, 0.2) is 55.7 Å². The minimum atomic E-state index is -4.30. The first-order chi connectivity index (χ1) is 11.4. The zero-order valence-corrected chi connectivity index (χ0v) is 19.3. The van der Waals surface area contributed by atoms with Gasteiger partial charge in [0.15, 0.2) is 4.91 Å². The van der Waals surface area contributed by atoms with Gasteiger partial charge in [-0.1, -0.05) is 60.8 Å². The molecule has 0 amide bonds. The fourth-order valence-corrected chi connectivity index (χ4v) is 4.68. The quantitative estimate of drug-likeness (QED) is 0.239. The summed E-state index contributed by atoms with van der Waals surface area (Å²) in [7, 11) is -4.30. The number of sulfone groups is 1. The van der Waals surface area contributed by atoms with Crippen molar-refractivity contribution in [2.45, 2.75) is 4.90 Å². The van der Waals surface area contributed by atoms with E-state index in [2.05, 4.69) is 45.0 Å². The van der Waals surface area contributed by atoms with E-state index < -0.39 is 14.7 Å². The molecular weight excluding hydrogens is 553 g/mol. The molecule has 25 heavy (non-hydrogen) atoms. The fourth-order valence-electron chi connectivity index (χ4n) is 1.63. The molecule has 0 atom stereocenters. The van der Waals surface area contributed by atoms with Crippen LogP contribution in [0.3, 0.4) is 0 Å². The van der Waals surface area contributed by atoms with Crippen molar-refractivity contribution < 1.29 is 8.42 Å². The number of halogens is 4.